The van der Waals surface area contributed by atoms with Gasteiger partial charge in [-0.2, -0.15) is 0 Å². The Labute approximate surface area is 98.8 Å². The van der Waals surface area contributed by atoms with Gasteiger partial charge in [-0.25, -0.2) is 9.37 Å². The Morgan fingerprint density at radius 2 is 2.18 bits per heavy atom. The van der Waals surface area contributed by atoms with Crippen LogP contribution in [-0.2, 0) is 20.2 Å². The summed E-state index contributed by atoms with van der Waals surface area (Å²) in [6.07, 6.45) is 1.83. The summed E-state index contributed by atoms with van der Waals surface area (Å²) in [4.78, 5) is 4.26. The zero-order chi connectivity index (χ0) is 12.3. The molecular weight excluding hydrogens is 221 g/mol. The van der Waals surface area contributed by atoms with Crippen molar-refractivity contribution in [2.24, 2.45) is 12.8 Å². The second-order valence-electron chi connectivity index (χ2n) is 3.68. The number of aryl methyl sites for hydroxylation is 1. The first kappa shape index (κ1) is 11.6. The minimum absolute atomic E-state index is 0.220. The van der Waals surface area contributed by atoms with Crippen LogP contribution in [0.25, 0.3) is 0 Å². The van der Waals surface area contributed by atoms with Crippen LogP contribution in [0.1, 0.15) is 11.5 Å². The molecule has 0 aliphatic heterocycles. The second-order valence-corrected chi connectivity index (χ2v) is 3.68. The van der Waals surface area contributed by atoms with Gasteiger partial charge >= 0.3 is 0 Å². The number of para-hydroxylation sites is 1. The summed E-state index contributed by atoms with van der Waals surface area (Å²) < 4.78 is 20.5. The SMILES string of the molecule is Cn1cc(CN)nc1COc1ccccc1F. The third-order valence-electron chi connectivity index (χ3n) is 2.43. The van der Waals surface area contributed by atoms with Gasteiger partial charge in [-0.1, -0.05) is 12.1 Å². The van der Waals surface area contributed by atoms with Crippen molar-refractivity contribution in [2.45, 2.75) is 13.2 Å². The molecule has 0 unspecified atom stereocenters. The molecule has 5 heteroatoms. The molecular formula is C12H14FN3O. The van der Waals surface area contributed by atoms with Gasteiger partial charge in [-0.15, -0.1) is 0 Å². The van der Waals surface area contributed by atoms with Gasteiger partial charge in [0, 0.05) is 19.8 Å². The first-order valence-corrected chi connectivity index (χ1v) is 5.29. The molecule has 0 saturated heterocycles. The first-order chi connectivity index (χ1) is 8.20. The van der Waals surface area contributed by atoms with Crippen molar-refractivity contribution in [3.63, 3.8) is 0 Å². The van der Waals surface area contributed by atoms with Gasteiger partial charge in [0.25, 0.3) is 0 Å². The number of nitrogens with two attached hydrogens (primary N) is 1. The standard InChI is InChI=1S/C12H14FN3O/c1-16-7-9(6-14)15-12(16)8-17-11-5-3-2-4-10(11)13/h2-5,7H,6,8,14H2,1H3. The van der Waals surface area contributed by atoms with Crippen LogP contribution in [0.5, 0.6) is 5.75 Å². The van der Waals surface area contributed by atoms with E-state index in [0.29, 0.717) is 12.4 Å². The molecule has 2 N–H and O–H groups in total. The van der Waals surface area contributed by atoms with Crippen molar-refractivity contribution in [3.05, 3.63) is 47.8 Å². The Morgan fingerprint density at radius 1 is 1.41 bits per heavy atom. The molecule has 1 heterocycles. The molecule has 17 heavy (non-hydrogen) atoms. The van der Waals surface area contributed by atoms with Crippen LogP contribution in [0.2, 0.25) is 0 Å². The topological polar surface area (TPSA) is 53.1 Å². The van der Waals surface area contributed by atoms with Crippen LogP contribution in [0, 0.1) is 5.82 Å². The highest BCUT2D eigenvalue weighted by Crippen LogP contribution is 2.16. The monoisotopic (exact) mass is 235 g/mol. The molecule has 0 aliphatic carbocycles. The fourth-order valence-corrected chi connectivity index (χ4v) is 1.51. The molecule has 0 radical (unpaired) electrons. The molecule has 90 valence electrons. The Kier molecular flexibility index (Phi) is 3.39. The van der Waals surface area contributed by atoms with Crippen molar-refractivity contribution in [1.29, 1.82) is 0 Å². The van der Waals surface area contributed by atoms with Crippen LogP contribution in [0.15, 0.2) is 30.5 Å². The molecule has 0 bridgehead atoms. The van der Waals surface area contributed by atoms with E-state index in [0.717, 1.165) is 5.69 Å². The van der Waals surface area contributed by atoms with E-state index in [1.807, 2.05) is 17.8 Å². The number of benzene rings is 1. The maximum Gasteiger partial charge on any atom is 0.165 e. The summed E-state index contributed by atoms with van der Waals surface area (Å²) in [5.74, 6) is 0.569. The van der Waals surface area contributed by atoms with Gasteiger partial charge in [0.2, 0.25) is 0 Å². The Bertz CT molecular complexity index is 510. The van der Waals surface area contributed by atoms with Crippen LogP contribution in [0.4, 0.5) is 4.39 Å². The zero-order valence-electron chi connectivity index (χ0n) is 9.56. The van der Waals surface area contributed by atoms with Gasteiger partial charge in [0.15, 0.2) is 11.6 Å². The Morgan fingerprint density at radius 3 is 2.82 bits per heavy atom. The van der Waals surface area contributed by atoms with Gasteiger partial charge in [0.1, 0.15) is 12.4 Å². The number of hydrogen-bond donors (Lipinski definition) is 1. The number of halogens is 1. The summed E-state index contributed by atoms with van der Waals surface area (Å²) in [6.45, 7) is 0.602. The fourth-order valence-electron chi connectivity index (χ4n) is 1.51. The van der Waals surface area contributed by atoms with Gasteiger partial charge in [0.05, 0.1) is 5.69 Å². The van der Waals surface area contributed by atoms with Gasteiger partial charge in [-0.3, -0.25) is 0 Å². The molecule has 2 rings (SSSR count). The molecule has 4 nitrogen and oxygen atoms in total. The molecule has 1 aromatic heterocycles. The number of nitrogens with zero attached hydrogens (tertiary/aromatic N) is 2. The fraction of sp³-hybridized carbons (Fsp3) is 0.250. The summed E-state index contributed by atoms with van der Waals surface area (Å²) in [5, 5.41) is 0. The number of ether oxygens (including phenoxy) is 1. The van der Waals surface area contributed by atoms with E-state index in [-0.39, 0.29) is 18.2 Å². The molecule has 0 aliphatic rings. The average molecular weight is 235 g/mol. The number of hydrogen-bond acceptors (Lipinski definition) is 3. The maximum absolute atomic E-state index is 13.3. The van der Waals surface area contributed by atoms with Crippen LogP contribution < -0.4 is 10.5 Å². The van der Waals surface area contributed by atoms with E-state index >= 15 is 0 Å². The van der Waals surface area contributed by atoms with Crippen molar-refractivity contribution in [1.82, 2.24) is 9.55 Å². The Hall–Kier alpha value is -1.88. The van der Waals surface area contributed by atoms with Crippen molar-refractivity contribution in [3.8, 4) is 5.75 Å². The number of rotatable bonds is 4. The minimum atomic E-state index is -0.374. The van der Waals surface area contributed by atoms with Gasteiger partial charge in [-0.05, 0) is 12.1 Å². The molecule has 0 amide bonds. The lowest BCUT2D eigenvalue weighted by atomic mass is 10.3. The average Bonchev–Trinajstić information content (AvgIpc) is 2.69. The highest BCUT2D eigenvalue weighted by Gasteiger charge is 2.07. The summed E-state index contributed by atoms with van der Waals surface area (Å²) in [5.41, 5.74) is 6.28. The highest BCUT2D eigenvalue weighted by molar-refractivity contribution is 5.23. The van der Waals surface area contributed by atoms with Crippen LogP contribution >= 0.6 is 0 Å². The predicted molar refractivity (Wildman–Crippen MR) is 61.8 cm³/mol. The molecule has 0 atom stereocenters. The first-order valence-electron chi connectivity index (χ1n) is 5.29. The predicted octanol–water partition coefficient (Wildman–Crippen LogP) is 1.60. The summed E-state index contributed by atoms with van der Waals surface area (Å²) in [7, 11) is 1.85. The second kappa shape index (κ2) is 4.97. The molecule has 0 saturated carbocycles. The van der Waals surface area contributed by atoms with E-state index in [1.165, 1.54) is 6.07 Å². The lowest BCUT2D eigenvalue weighted by Gasteiger charge is -2.06. The normalized spacial score (nSPS) is 10.5. The summed E-state index contributed by atoms with van der Waals surface area (Å²) in [6, 6.07) is 6.29. The minimum Gasteiger partial charge on any atom is -0.483 e. The maximum atomic E-state index is 13.3. The molecule has 0 fully saturated rings. The lowest BCUT2D eigenvalue weighted by Crippen LogP contribution is -2.04. The van der Waals surface area contributed by atoms with E-state index in [2.05, 4.69) is 4.98 Å². The smallest absolute Gasteiger partial charge is 0.165 e. The molecule has 0 spiro atoms. The van der Waals surface area contributed by atoms with Gasteiger partial charge < -0.3 is 15.0 Å². The van der Waals surface area contributed by atoms with Crippen LogP contribution in [-0.4, -0.2) is 9.55 Å². The van der Waals surface area contributed by atoms with Crippen molar-refractivity contribution < 1.29 is 9.13 Å². The number of imidazole rings is 1. The molecule has 2 aromatic rings. The van der Waals surface area contributed by atoms with E-state index in [4.69, 9.17) is 10.5 Å². The van der Waals surface area contributed by atoms with E-state index in [1.54, 1.807) is 18.2 Å². The third-order valence-corrected chi connectivity index (χ3v) is 2.43. The highest BCUT2D eigenvalue weighted by atomic mass is 19.1. The van der Waals surface area contributed by atoms with Crippen molar-refractivity contribution in [2.75, 3.05) is 0 Å². The quantitative estimate of drug-likeness (QED) is 0.875. The molecule has 1 aromatic carbocycles. The lowest BCUT2D eigenvalue weighted by molar-refractivity contribution is 0.277. The van der Waals surface area contributed by atoms with E-state index < -0.39 is 0 Å². The zero-order valence-corrected chi connectivity index (χ0v) is 9.56. The van der Waals surface area contributed by atoms with Crippen molar-refractivity contribution >= 4 is 0 Å². The summed E-state index contributed by atoms with van der Waals surface area (Å²) >= 11 is 0. The van der Waals surface area contributed by atoms with E-state index in [9.17, 15) is 4.39 Å². The van der Waals surface area contributed by atoms with Crippen LogP contribution in [0.3, 0.4) is 0 Å². The largest absolute Gasteiger partial charge is 0.483 e. The number of aromatic nitrogens is 2. The third kappa shape index (κ3) is 2.62. The Balaban J connectivity index is 2.07.